The minimum Gasteiger partial charge on any atom is -0.355 e. The molecule has 1 unspecified atom stereocenters. The first-order valence-electron chi connectivity index (χ1n) is 8.17. The van der Waals surface area contributed by atoms with Crippen molar-refractivity contribution in [3.63, 3.8) is 0 Å². The molecule has 1 aromatic heterocycles. The van der Waals surface area contributed by atoms with E-state index in [-0.39, 0.29) is 12.0 Å². The Labute approximate surface area is 163 Å². The van der Waals surface area contributed by atoms with Crippen LogP contribution in [-0.4, -0.2) is 36.1 Å². The van der Waals surface area contributed by atoms with Crippen molar-refractivity contribution in [2.45, 2.75) is 19.1 Å². The molecule has 0 fully saturated rings. The Bertz CT molecular complexity index is 781. The summed E-state index contributed by atoms with van der Waals surface area (Å²) in [6.45, 7) is 2.75. The second kappa shape index (κ2) is 9.54. The zero-order valence-electron chi connectivity index (χ0n) is 14.8. The largest absolute Gasteiger partial charge is 0.433 e. The second-order valence-corrected chi connectivity index (χ2v) is 6.43. The lowest BCUT2D eigenvalue weighted by molar-refractivity contribution is -0.141. The maximum Gasteiger partial charge on any atom is 0.433 e. The van der Waals surface area contributed by atoms with Gasteiger partial charge in [0.1, 0.15) is 5.69 Å². The van der Waals surface area contributed by atoms with Gasteiger partial charge >= 0.3 is 6.18 Å². The fourth-order valence-corrected chi connectivity index (χ4v) is 2.89. The van der Waals surface area contributed by atoms with Gasteiger partial charge in [-0.15, -0.1) is 0 Å². The highest BCUT2D eigenvalue weighted by Crippen LogP contribution is 2.27. The summed E-state index contributed by atoms with van der Waals surface area (Å²) in [4.78, 5) is 11.4. The van der Waals surface area contributed by atoms with Crippen molar-refractivity contribution >= 4 is 27.8 Å². The number of aromatic nitrogens is 2. The van der Waals surface area contributed by atoms with Crippen molar-refractivity contribution in [3.05, 3.63) is 52.3 Å². The molecular formula is C17H20BrF3N6. The highest BCUT2D eigenvalue weighted by molar-refractivity contribution is 9.10. The molecule has 1 aromatic carbocycles. The molecule has 0 aliphatic rings. The maximum atomic E-state index is 12.6. The number of anilines is 1. The summed E-state index contributed by atoms with van der Waals surface area (Å²) in [7, 11) is 1.64. The summed E-state index contributed by atoms with van der Waals surface area (Å²) in [5.74, 6) is 0.501. The van der Waals surface area contributed by atoms with Gasteiger partial charge in [0.15, 0.2) is 5.96 Å². The molecule has 1 atom stereocenters. The van der Waals surface area contributed by atoms with Crippen LogP contribution >= 0.6 is 15.9 Å². The first kappa shape index (κ1) is 20.9. The summed E-state index contributed by atoms with van der Waals surface area (Å²) in [6, 6.07) is 8.69. The van der Waals surface area contributed by atoms with Crippen molar-refractivity contribution < 1.29 is 13.2 Å². The van der Waals surface area contributed by atoms with Gasteiger partial charge in [-0.1, -0.05) is 34.1 Å². The molecule has 3 N–H and O–H groups in total. The summed E-state index contributed by atoms with van der Waals surface area (Å²) in [6.07, 6.45) is -3.42. The average molecular weight is 445 g/mol. The number of nitrogens with one attached hydrogen (secondary N) is 3. The van der Waals surface area contributed by atoms with E-state index in [1.807, 2.05) is 31.2 Å². The monoisotopic (exact) mass is 444 g/mol. The van der Waals surface area contributed by atoms with E-state index in [1.54, 1.807) is 7.05 Å². The Balaban J connectivity index is 1.83. The Hall–Kier alpha value is -2.36. The predicted molar refractivity (Wildman–Crippen MR) is 103 cm³/mol. The molecule has 6 nitrogen and oxygen atoms in total. The van der Waals surface area contributed by atoms with E-state index in [0.29, 0.717) is 19.0 Å². The van der Waals surface area contributed by atoms with Gasteiger partial charge in [-0.3, -0.25) is 4.99 Å². The van der Waals surface area contributed by atoms with Crippen LogP contribution < -0.4 is 16.0 Å². The summed E-state index contributed by atoms with van der Waals surface area (Å²) in [5.41, 5.74) is 0.101. The van der Waals surface area contributed by atoms with Crippen LogP contribution in [0.3, 0.4) is 0 Å². The molecule has 2 rings (SSSR count). The van der Waals surface area contributed by atoms with E-state index in [2.05, 4.69) is 46.8 Å². The van der Waals surface area contributed by atoms with E-state index in [1.165, 1.54) is 0 Å². The van der Waals surface area contributed by atoms with Crippen molar-refractivity contribution in [3.8, 4) is 0 Å². The van der Waals surface area contributed by atoms with Crippen LogP contribution in [0.5, 0.6) is 0 Å². The number of hydrogen-bond acceptors (Lipinski definition) is 4. The highest BCUT2D eigenvalue weighted by atomic mass is 79.9. The predicted octanol–water partition coefficient (Wildman–Crippen LogP) is 3.60. The van der Waals surface area contributed by atoms with E-state index >= 15 is 0 Å². The third-order valence-electron chi connectivity index (χ3n) is 3.60. The molecule has 0 spiro atoms. The molecule has 0 amide bonds. The number of guanidine groups is 1. The molecule has 27 heavy (non-hydrogen) atoms. The molecule has 0 saturated heterocycles. The number of alkyl halides is 3. The molecule has 0 aliphatic carbocycles. The second-order valence-electron chi connectivity index (χ2n) is 5.58. The van der Waals surface area contributed by atoms with E-state index in [0.717, 1.165) is 22.3 Å². The van der Waals surface area contributed by atoms with Crippen LogP contribution in [0.4, 0.5) is 19.1 Å². The van der Waals surface area contributed by atoms with Crippen molar-refractivity contribution in [1.82, 2.24) is 20.6 Å². The van der Waals surface area contributed by atoms with E-state index < -0.39 is 11.9 Å². The van der Waals surface area contributed by atoms with Crippen molar-refractivity contribution in [1.29, 1.82) is 0 Å². The highest BCUT2D eigenvalue weighted by Gasteiger charge is 2.32. The lowest BCUT2D eigenvalue weighted by atomic mass is 10.1. The summed E-state index contributed by atoms with van der Waals surface area (Å²) < 4.78 is 38.9. The lowest BCUT2D eigenvalue weighted by Crippen LogP contribution is -2.40. The van der Waals surface area contributed by atoms with Gasteiger partial charge in [0, 0.05) is 30.8 Å². The number of benzene rings is 1. The number of hydrogen-bond donors (Lipinski definition) is 3. The van der Waals surface area contributed by atoms with Crippen molar-refractivity contribution in [2.24, 2.45) is 4.99 Å². The zero-order valence-corrected chi connectivity index (χ0v) is 16.4. The van der Waals surface area contributed by atoms with Crippen LogP contribution in [0.25, 0.3) is 0 Å². The molecule has 0 aliphatic heterocycles. The minimum atomic E-state index is -4.49. The normalized spacial score (nSPS) is 13.2. The third kappa shape index (κ3) is 6.38. The summed E-state index contributed by atoms with van der Waals surface area (Å²) in [5, 5.41) is 9.10. The number of rotatable bonds is 6. The number of nitrogens with zero attached hydrogens (tertiary/aromatic N) is 3. The molecule has 1 heterocycles. The quantitative estimate of drug-likeness (QED) is 0.360. The van der Waals surface area contributed by atoms with Gasteiger partial charge in [-0.05, 0) is 24.6 Å². The molecule has 0 bridgehead atoms. The Morgan fingerprint density at radius 2 is 1.96 bits per heavy atom. The van der Waals surface area contributed by atoms with E-state index in [9.17, 15) is 13.2 Å². The van der Waals surface area contributed by atoms with Crippen LogP contribution in [0.1, 0.15) is 24.2 Å². The topological polar surface area (TPSA) is 74.2 Å². The minimum absolute atomic E-state index is 0.00605. The SMILES string of the molecule is CN=C(NCCNc1nccc(C(F)(F)F)n1)NC(C)c1ccccc1Br. The molecule has 2 aromatic rings. The van der Waals surface area contributed by atoms with Crippen LogP contribution in [0.15, 0.2) is 46.0 Å². The van der Waals surface area contributed by atoms with Gasteiger partial charge in [0.05, 0.1) is 6.04 Å². The smallest absolute Gasteiger partial charge is 0.355 e. The molecule has 146 valence electrons. The van der Waals surface area contributed by atoms with Crippen molar-refractivity contribution in [2.75, 3.05) is 25.5 Å². The average Bonchev–Trinajstić information content (AvgIpc) is 2.64. The first-order chi connectivity index (χ1) is 12.8. The third-order valence-corrected chi connectivity index (χ3v) is 4.32. The Morgan fingerprint density at radius 3 is 2.63 bits per heavy atom. The number of halogens is 4. The van der Waals surface area contributed by atoms with Gasteiger partial charge in [-0.2, -0.15) is 13.2 Å². The fourth-order valence-electron chi connectivity index (χ4n) is 2.26. The maximum absolute atomic E-state index is 12.6. The first-order valence-corrected chi connectivity index (χ1v) is 8.96. The number of aliphatic imine (C=N–C) groups is 1. The molecule has 10 heteroatoms. The van der Waals surface area contributed by atoms with E-state index in [4.69, 9.17) is 0 Å². The molecular weight excluding hydrogens is 425 g/mol. The van der Waals surface area contributed by atoms with Gasteiger partial charge in [0.2, 0.25) is 5.95 Å². The standard InChI is InChI=1S/C17H20BrF3N6/c1-11(12-5-3-4-6-13(12)18)26-15(22-2)24-9-10-25-16-23-8-7-14(27-16)17(19,20)21/h3-8,11H,9-10H2,1-2H3,(H2,22,24,26)(H,23,25,27). The molecule has 0 saturated carbocycles. The fraction of sp³-hybridized carbons (Fsp3) is 0.353. The Kier molecular flexibility index (Phi) is 7.40. The van der Waals surface area contributed by atoms with Gasteiger partial charge < -0.3 is 16.0 Å². The van der Waals surface area contributed by atoms with Crippen LogP contribution in [-0.2, 0) is 6.18 Å². The van der Waals surface area contributed by atoms with Gasteiger partial charge in [-0.25, -0.2) is 9.97 Å². The lowest BCUT2D eigenvalue weighted by Gasteiger charge is -2.19. The van der Waals surface area contributed by atoms with Gasteiger partial charge in [0.25, 0.3) is 0 Å². The van der Waals surface area contributed by atoms with Crippen LogP contribution in [0.2, 0.25) is 0 Å². The summed E-state index contributed by atoms with van der Waals surface area (Å²) >= 11 is 3.51. The molecule has 0 radical (unpaired) electrons. The Morgan fingerprint density at radius 1 is 1.22 bits per heavy atom. The van der Waals surface area contributed by atoms with Crippen LogP contribution in [0, 0.1) is 0 Å². The zero-order chi connectivity index (χ0) is 19.9.